The molecule has 92 valence electrons. The van der Waals surface area contributed by atoms with Crippen LogP contribution in [0.5, 0.6) is 0 Å². The van der Waals surface area contributed by atoms with Crippen molar-refractivity contribution in [2.75, 3.05) is 20.1 Å². The Labute approximate surface area is 103 Å². The van der Waals surface area contributed by atoms with E-state index in [1.54, 1.807) is 17.5 Å². The molecule has 2 heterocycles. The van der Waals surface area contributed by atoms with E-state index in [-0.39, 0.29) is 24.4 Å². The zero-order valence-electron chi connectivity index (χ0n) is 9.47. The van der Waals surface area contributed by atoms with Crippen molar-refractivity contribution in [1.29, 1.82) is 0 Å². The normalized spacial score (nSPS) is 19.8. The van der Waals surface area contributed by atoms with E-state index in [0.717, 1.165) is 5.69 Å². The number of aromatic nitrogens is 1. The number of carbonyl (C=O) groups is 2. The van der Waals surface area contributed by atoms with Crippen molar-refractivity contribution in [3.8, 4) is 0 Å². The van der Waals surface area contributed by atoms with Gasteiger partial charge in [-0.05, 0) is 0 Å². The lowest BCUT2D eigenvalue weighted by molar-refractivity contribution is -0.134. The molecule has 2 N–H and O–H groups in total. The molecule has 7 heteroatoms. The Morgan fingerprint density at radius 3 is 3.12 bits per heavy atom. The second-order valence-corrected chi connectivity index (χ2v) is 4.63. The molecule has 1 atom stereocenters. The lowest BCUT2D eigenvalue weighted by atomic mass is 10.2. The molecule has 1 unspecified atom stereocenters. The van der Waals surface area contributed by atoms with Gasteiger partial charge in [-0.15, -0.1) is 11.3 Å². The first-order chi connectivity index (χ1) is 8.16. The Morgan fingerprint density at radius 1 is 1.71 bits per heavy atom. The summed E-state index contributed by atoms with van der Waals surface area (Å²) in [6, 6.07) is -0.337. The van der Waals surface area contributed by atoms with Gasteiger partial charge in [0.15, 0.2) is 0 Å². The third-order valence-corrected chi connectivity index (χ3v) is 3.20. The molecule has 1 aromatic heterocycles. The molecule has 1 fully saturated rings. The SMILES string of the molecule is CN(Cc1cscn1)C(=O)C1CNC(=O)CN1. The minimum absolute atomic E-state index is 0.0296. The first-order valence-corrected chi connectivity index (χ1v) is 6.23. The van der Waals surface area contributed by atoms with Gasteiger partial charge in [-0.3, -0.25) is 14.9 Å². The molecule has 1 aromatic rings. The van der Waals surface area contributed by atoms with E-state index in [2.05, 4.69) is 15.6 Å². The van der Waals surface area contributed by atoms with Crippen LogP contribution in [0.1, 0.15) is 5.69 Å². The molecule has 0 aromatic carbocycles. The van der Waals surface area contributed by atoms with Gasteiger partial charge in [0.25, 0.3) is 0 Å². The Balaban J connectivity index is 1.88. The molecule has 0 saturated carbocycles. The number of likely N-dealkylation sites (N-methyl/N-ethyl adjacent to an activating group) is 1. The smallest absolute Gasteiger partial charge is 0.241 e. The maximum absolute atomic E-state index is 12.0. The summed E-state index contributed by atoms with van der Waals surface area (Å²) in [6.45, 7) is 1.04. The minimum atomic E-state index is -0.337. The molecule has 0 bridgehead atoms. The van der Waals surface area contributed by atoms with E-state index in [1.807, 2.05) is 5.38 Å². The van der Waals surface area contributed by atoms with Crippen molar-refractivity contribution < 1.29 is 9.59 Å². The van der Waals surface area contributed by atoms with Gasteiger partial charge in [0.1, 0.15) is 6.04 Å². The number of carbonyl (C=O) groups excluding carboxylic acids is 2. The largest absolute Gasteiger partial charge is 0.353 e. The van der Waals surface area contributed by atoms with E-state index in [0.29, 0.717) is 13.1 Å². The second-order valence-electron chi connectivity index (χ2n) is 3.91. The van der Waals surface area contributed by atoms with E-state index in [9.17, 15) is 9.59 Å². The zero-order chi connectivity index (χ0) is 12.3. The van der Waals surface area contributed by atoms with Crippen LogP contribution >= 0.6 is 11.3 Å². The van der Waals surface area contributed by atoms with Gasteiger partial charge in [0.05, 0.1) is 24.3 Å². The van der Waals surface area contributed by atoms with E-state index < -0.39 is 0 Å². The Kier molecular flexibility index (Phi) is 3.70. The fourth-order valence-corrected chi connectivity index (χ4v) is 2.19. The highest BCUT2D eigenvalue weighted by molar-refractivity contribution is 7.07. The molecule has 0 radical (unpaired) electrons. The number of hydrogen-bond acceptors (Lipinski definition) is 5. The number of nitrogens with zero attached hydrogens (tertiary/aromatic N) is 2. The zero-order valence-corrected chi connectivity index (χ0v) is 10.3. The molecule has 1 aliphatic rings. The number of thiazole rings is 1. The van der Waals surface area contributed by atoms with Crippen LogP contribution in [-0.2, 0) is 16.1 Å². The number of hydrogen-bond donors (Lipinski definition) is 2. The van der Waals surface area contributed by atoms with Gasteiger partial charge in [-0.1, -0.05) is 0 Å². The number of amides is 2. The summed E-state index contributed by atoms with van der Waals surface area (Å²) >= 11 is 1.51. The van der Waals surface area contributed by atoms with Crippen molar-refractivity contribution in [2.45, 2.75) is 12.6 Å². The maximum Gasteiger partial charge on any atom is 0.241 e. The third kappa shape index (κ3) is 3.01. The molecule has 6 nitrogen and oxygen atoms in total. The summed E-state index contributed by atoms with van der Waals surface area (Å²) in [7, 11) is 1.74. The summed E-state index contributed by atoms with van der Waals surface area (Å²) in [5.41, 5.74) is 2.62. The Bertz CT molecular complexity index is 396. The van der Waals surface area contributed by atoms with Gasteiger partial charge >= 0.3 is 0 Å². The number of piperazine rings is 1. The molecular formula is C10H14N4O2S. The lowest BCUT2D eigenvalue weighted by Crippen LogP contribution is -2.58. The maximum atomic E-state index is 12.0. The van der Waals surface area contributed by atoms with Crippen molar-refractivity contribution in [3.05, 3.63) is 16.6 Å². The standard InChI is InChI=1S/C10H14N4O2S/c1-14(4-7-5-17-6-13-7)10(16)8-2-12-9(15)3-11-8/h5-6,8,11H,2-4H2,1H3,(H,12,15). The lowest BCUT2D eigenvalue weighted by Gasteiger charge is -2.27. The van der Waals surface area contributed by atoms with Crippen LogP contribution in [0.4, 0.5) is 0 Å². The van der Waals surface area contributed by atoms with E-state index in [4.69, 9.17) is 0 Å². The van der Waals surface area contributed by atoms with E-state index >= 15 is 0 Å². The highest BCUT2D eigenvalue weighted by Crippen LogP contribution is 2.05. The molecule has 1 aliphatic heterocycles. The van der Waals surface area contributed by atoms with Gasteiger partial charge in [-0.2, -0.15) is 0 Å². The third-order valence-electron chi connectivity index (χ3n) is 2.57. The Hall–Kier alpha value is -1.47. The molecular weight excluding hydrogens is 240 g/mol. The molecule has 17 heavy (non-hydrogen) atoms. The first kappa shape index (κ1) is 12.0. The van der Waals surface area contributed by atoms with Crippen LogP contribution in [0, 0.1) is 0 Å². The van der Waals surface area contributed by atoms with E-state index in [1.165, 1.54) is 11.3 Å². The number of nitrogens with one attached hydrogen (secondary N) is 2. The van der Waals surface area contributed by atoms with Gasteiger partial charge < -0.3 is 10.2 Å². The fraction of sp³-hybridized carbons (Fsp3) is 0.500. The van der Waals surface area contributed by atoms with Crippen LogP contribution in [0.15, 0.2) is 10.9 Å². The average Bonchev–Trinajstić information content (AvgIpc) is 2.82. The van der Waals surface area contributed by atoms with Crippen molar-refractivity contribution in [1.82, 2.24) is 20.5 Å². The van der Waals surface area contributed by atoms with Crippen LogP contribution in [0.25, 0.3) is 0 Å². The highest BCUT2D eigenvalue weighted by atomic mass is 32.1. The van der Waals surface area contributed by atoms with Gasteiger partial charge in [0, 0.05) is 19.0 Å². The summed E-state index contributed by atoms with van der Waals surface area (Å²) < 4.78 is 0. The molecule has 0 spiro atoms. The van der Waals surface area contributed by atoms with Gasteiger partial charge in [0.2, 0.25) is 11.8 Å². The summed E-state index contributed by atoms with van der Waals surface area (Å²) in [6.07, 6.45) is 0. The molecule has 2 rings (SSSR count). The molecule has 1 saturated heterocycles. The fourth-order valence-electron chi connectivity index (χ4n) is 1.64. The summed E-state index contributed by atoms with van der Waals surface area (Å²) in [5.74, 6) is -0.103. The summed E-state index contributed by atoms with van der Waals surface area (Å²) in [5, 5.41) is 7.49. The Morgan fingerprint density at radius 2 is 2.53 bits per heavy atom. The average molecular weight is 254 g/mol. The molecule has 0 aliphatic carbocycles. The van der Waals surface area contributed by atoms with Crippen LogP contribution in [-0.4, -0.2) is 47.9 Å². The van der Waals surface area contributed by atoms with Crippen molar-refractivity contribution in [2.24, 2.45) is 0 Å². The van der Waals surface area contributed by atoms with Gasteiger partial charge in [-0.25, -0.2) is 4.98 Å². The predicted octanol–water partition coefficient (Wildman–Crippen LogP) is -0.810. The monoisotopic (exact) mass is 254 g/mol. The van der Waals surface area contributed by atoms with Crippen molar-refractivity contribution >= 4 is 23.2 Å². The van der Waals surface area contributed by atoms with Crippen LogP contribution < -0.4 is 10.6 Å². The number of rotatable bonds is 3. The summed E-state index contributed by atoms with van der Waals surface area (Å²) in [4.78, 5) is 28.7. The predicted molar refractivity (Wildman–Crippen MR) is 63.4 cm³/mol. The quantitative estimate of drug-likeness (QED) is 0.740. The topological polar surface area (TPSA) is 74.3 Å². The van der Waals surface area contributed by atoms with Crippen LogP contribution in [0.2, 0.25) is 0 Å². The molecule has 2 amide bonds. The van der Waals surface area contributed by atoms with Crippen molar-refractivity contribution in [3.63, 3.8) is 0 Å². The van der Waals surface area contributed by atoms with Crippen LogP contribution in [0.3, 0.4) is 0 Å². The first-order valence-electron chi connectivity index (χ1n) is 5.29. The second kappa shape index (κ2) is 5.24. The minimum Gasteiger partial charge on any atom is -0.353 e. The highest BCUT2D eigenvalue weighted by Gasteiger charge is 2.26.